The van der Waals surface area contributed by atoms with Gasteiger partial charge in [0.25, 0.3) is 0 Å². The molecule has 33 heavy (non-hydrogen) atoms. The van der Waals surface area contributed by atoms with Crippen LogP contribution in [0.5, 0.6) is 0 Å². The second-order valence-corrected chi connectivity index (χ2v) is 9.43. The van der Waals surface area contributed by atoms with E-state index in [-0.39, 0.29) is 6.29 Å². The van der Waals surface area contributed by atoms with E-state index in [1.165, 1.54) is 23.7 Å². The molecule has 1 atom stereocenters. The van der Waals surface area contributed by atoms with E-state index in [0.717, 1.165) is 58.3 Å². The molecular weight excluding hydrogens is 500 g/mol. The number of ether oxygens (including phenoxy) is 2. The molecule has 1 saturated heterocycles. The van der Waals surface area contributed by atoms with Crippen molar-refractivity contribution in [3.63, 3.8) is 0 Å². The number of hydrogen-bond acceptors (Lipinski definition) is 7. The maximum atomic E-state index is 5.90. The van der Waals surface area contributed by atoms with Crippen LogP contribution in [-0.4, -0.2) is 35.7 Å². The average Bonchev–Trinajstić information content (AvgIpc) is 2.85. The molecule has 1 aromatic heterocycles. The lowest BCUT2D eigenvalue weighted by Crippen LogP contribution is -2.23. The van der Waals surface area contributed by atoms with Crippen molar-refractivity contribution < 1.29 is 9.47 Å². The molecule has 0 bridgehead atoms. The summed E-state index contributed by atoms with van der Waals surface area (Å²) in [7, 11) is 0. The fourth-order valence-corrected chi connectivity index (χ4v) is 4.38. The van der Waals surface area contributed by atoms with Crippen molar-refractivity contribution in [2.75, 3.05) is 30.1 Å². The number of nitrogens with zero attached hydrogens (tertiary/aromatic N) is 2. The normalized spacial score (nSPS) is 15.9. The van der Waals surface area contributed by atoms with Gasteiger partial charge in [-0.2, -0.15) is 0 Å². The summed E-state index contributed by atoms with van der Waals surface area (Å²) >= 11 is 5.12. The van der Waals surface area contributed by atoms with Gasteiger partial charge in [-0.05, 0) is 77.7 Å². The monoisotopic (exact) mass is 528 g/mol. The minimum atomic E-state index is -0.0502. The zero-order valence-corrected chi connectivity index (χ0v) is 21.1. The molecule has 1 aliphatic heterocycles. The van der Waals surface area contributed by atoms with Crippen molar-refractivity contribution in [2.45, 2.75) is 43.7 Å². The van der Waals surface area contributed by atoms with Crippen LogP contribution in [0.4, 0.5) is 17.2 Å². The second kappa shape index (κ2) is 12.4. The molecule has 2 aromatic carbocycles. The van der Waals surface area contributed by atoms with E-state index in [0.29, 0.717) is 13.2 Å². The van der Waals surface area contributed by atoms with E-state index in [9.17, 15) is 0 Å². The highest BCUT2D eigenvalue weighted by molar-refractivity contribution is 9.10. The molecule has 8 heteroatoms. The van der Waals surface area contributed by atoms with E-state index in [4.69, 9.17) is 14.5 Å². The molecule has 2 heterocycles. The third-order valence-electron chi connectivity index (χ3n) is 5.39. The Balaban J connectivity index is 1.41. The minimum absolute atomic E-state index is 0.0502. The van der Waals surface area contributed by atoms with Crippen molar-refractivity contribution in [1.29, 1.82) is 0 Å². The molecule has 0 saturated carbocycles. The predicted molar refractivity (Wildman–Crippen MR) is 138 cm³/mol. The number of halogens is 1. The lowest BCUT2D eigenvalue weighted by Gasteiger charge is -2.22. The maximum Gasteiger partial charge on any atom is 0.189 e. The summed E-state index contributed by atoms with van der Waals surface area (Å²) in [6, 6.07) is 16.5. The van der Waals surface area contributed by atoms with E-state index in [1.54, 1.807) is 0 Å². The van der Waals surface area contributed by atoms with Crippen molar-refractivity contribution in [2.24, 2.45) is 0 Å². The maximum absolute atomic E-state index is 5.90. The summed E-state index contributed by atoms with van der Waals surface area (Å²) in [5.74, 6) is 0.804. The molecule has 1 unspecified atom stereocenters. The quantitative estimate of drug-likeness (QED) is 0.233. The fraction of sp³-hybridized carbons (Fsp3) is 0.360. The molecular formula is C25H29BrN4O2S. The molecule has 0 spiro atoms. The number of para-hydroxylation sites is 1. The predicted octanol–water partition coefficient (Wildman–Crippen LogP) is 6.40. The van der Waals surface area contributed by atoms with Gasteiger partial charge in [0, 0.05) is 40.8 Å². The highest BCUT2D eigenvalue weighted by atomic mass is 79.9. The van der Waals surface area contributed by atoms with Crippen LogP contribution in [0.25, 0.3) is 0 Å². The highest BCUT2D eigenvalue weighted by Gasteiger charge is 2.14. The van der Waals surface area contributed by atoms with Gasteiger partial charge in [0.2, 0.25) is 0 Å². The fourth-order valence-electron chi connectivity index (χ4n) is 3.61. The summed E-state index contributed by atoms with van der Waals surface area (Å²) in [5.41, 5.74) is 4.23. The lowest BCUT2D eigenvalue weighted by molar-refractivity contribution is -0.161. The molecule has 1 fully saturated rings. The van der Waals surface area contributed by atoms with E-state index < -0.39 is 0 Å². The number of nitrogens with one attached hydrogen (secondary N) is 2. The molecule has 2 N–H and O–H groups in total. The van der Waals surface area contributed by atoms with E-state index >= 15 is 0 Å². The summed E-state index contributed by atoms with van der Waals surface area (Å²) in [6.45, 7) is 2.06. The molecule has 1 aliphatic rings. The SMILES string of the molecule is CSc1ncc(CNc2ccccc2Br)c(Nc2cccc(CCOC3CCCCO3)c2)n1. The Morgan fingerprint density at radius 1 is 1.18 bits per heavy atom. The molecule has 6 nitrogen and oxygen atoms in total. The van der Waals surface area contributed by atoms with E-state index in [2.05, 4.69) is 55.8 Å². The highest BCUT2D eigenvalue weighted by Crippen LogP contribution is 2.25. The van der Waals surface area contributed by atoms with E-state index in [1.807, 2.05) is 36.7 Å². The summed E-state index contributed by atoms with van der Waals surface area (Å²) in [5, 5.41) is 7.69. The summed E-state index contributed by atoms with van der Waals surface area (Å²) in [4.78, 5) is 9.19. The summed E-state index contributed by atoms with van der Waals surface area (Å²) < 4.78 is 12.6. The van der Waals surface area contributed by atoms with Gasteiger partial charge >= 0.3 is 0 Å². The number of aromatic nitrogens is 2. The standard InChI is InChI=1S/C25H29BrN4O2S/c1-33-25-28-17-19(16-27-22-10-3-2-9-21(22)26)24(30-25)29-20-8-6-7-18(15-20)12-14-32-23-11-4-5-13-31-23/h2-3,6-10,15,17,23,27H,4-5,11-14,16H2,1H3,(H,28,29,30). The van der Waals surface area contributed by atoms with Crippen LogP contribution in [0.3, 0.4) is 0 Å². The molecule has 0 amide bonds. The largest absolute Gasteiger partial charge is 0.380 e. The van der Waals surface area contributed by atoms with Gasteiger partial charge in [-0.25, -0.2) is 9.97 Å². The molecule has 174 valence electrons. The summed E-state index contributed by atoms with van der Waals surface area (Å²) in [6.07, 6.45) is 7.95. The van der Waals surface area contributed by atoms with Crippen molar-refractivity contribution in [1.82, 2.24) is 9.97 Å². The molecule has 3 aromatic rings. The Morgan fingerprint density at radius 3 is 2.91 bits per heavy atom. The lowest BCUT2D eigenvalue weighted by atomic mass is 10.1. The van der Waals surface area contributed by atoms with Gasteiger partial charge in [0.15, 0.2) is 11.4 Å². The first-order valence-electron chi connectivity index (χ1n) is 11.2. The number of anilines is 3. The number of hydrogen-bond donors (Lipinski definition) is 2. The van der Waals surface area contributed by atoms with Crippen LogP contribution in [0.15, 0.2) is 64.4 Å². The smallest absolute Gasteiger partial charge is 0.189 e. The van der Waals surface area contributed by atoms with Gasteiger partial charge in [-0.15, -0.1) is 0 Å². The van der Waals surface area contributed by atoms with Crippen LogP contribution >= 0.6 is 27.7 Å². The van der Waals surface area contributed by atoms with Crippen molar-refractivity contribution >= 4 is 44.9 Å². The third-order valence-corrected chi connectivity index (χ3v) is 6.64. The zero-order valence-electron chi connectivity index (χ0n) is 18.7. The van der Waals surface area contributed by atoms with Crippen LogP contribution < -0.4 is 10.6 Å². The van der Waals surface area contributed by atoms with Crippen molar-refractivity contribution in [3.8, 4) is 0 Å². The molecule has 4 rings (SSSR count). The third kappa shape index (κ3) is 7.17. The van der Waals surface area contributed by atoms with Crippen LogP contribution in [0.2, 0.25) is 0 Å². The second-order valence-electron chi connectivity index (χ2n) is 7.81. The topological polar surface area (TPSA) is 68.3 Å². The number of rotatable bonds is 10. The Labute approximate surface area is 208 Å². The minimum Gasteiger partial charge on any atom is -0.380 e. The first-order valence-corrected chi connectivity index (χ1v) is 13.2. The first-order chi connectivity index (χ1) is 16.2. The van der Waals surface area contributed by atoms with Crippen LogP contribution in [0, 0.1) is 0 Å². The Bertz CT molecular complexity index is 1050. The number of thioether (sulfide) groups is 1. The van der Waals surface area contributed by atoms with Gasteiger partial charge in [-0.1, -0.05) is 36.0 Å². The Hall–Kier alpha value is -2.13. The first kappa shape index (κ1) is 24.0. The van der Waals surface area contributed by atoms with Gasteiger partial charge < -0.3 is 20.1 Å². The van der Waals surface area contributed by atoms with Crippen LogP contribution in [0.1, 0.15) is 30.4 Å². The van der Waals surface area contributed by atoms with Crippen LogP contribution in [-0.2, 0) is 22.4 Å². The molecule has 0 radical (unpaired) electrons. The van der Waals surface area contributed by atoms with Gasteiger partial charge in [0.05, 0.1) is 6.61 Å². The Morgan fingerprint density at radius 2 is 2.09 bits per heavy atom. The Kier molecular flexibility index (Phi) is 9.00. The zero-order chi connectivity index (χ0) is 22.9. The molecule has 0 aliphatic carbocycles. The van der Waals surface area contributed by atoms with Gasteiger partial charge in [0.1, 0.15) is 5.82 Å². The van der Waals surface area contributed by atoms with Gasteiger partial charge in [-0.3, -0.25) is 0 Å². The number of benzene rings is 2. The van der Waals surface area contributed by atoms with Crippen molar-refractivity contribution in [3.05, 3.63) is 70.3 Å². The average molecular weight is 530 g/mol.